The van der Waals surface area contributed by atoms with Crippen molar-refractivity contribution in [3.05, 3.63) is 17.3 Å². The van der Waals surface area contributed by atoms with E-state index in [1.165, 1.54) is 0 Å². The summed E-state index contributed by atoms with van der Waals surface area (Å²) in [6.45, 7) is 1.61. The van der Waals surface area contributed by atoms with Gasteiger partial charge in [0.1, 0.15) is 0 Å². The summed E-state index contributed by atoms with van der Waals surface area (Å²) in [7, 11) is 0. The molecule has 0 aromatic carbocycles. The van der Waals surface area contributed by atoms with Crippen molar-refractivity contribution in [2.75, 3.05) is 6.61 Å². The summed E-state index contributed by atoms with van der Waals surface area (Å²) in [5.41, 5.74) is -0.460. The first-order chi connectivity index (χ1) is 8.80. The van der Waals surface area contributed by atoms with Gasteiger partial charge in [-0.3, -0.25) is 0 Å². The van der Waals surface area contributed by atoms with Gasteiger partial charge in [-0.25, -0.2) is 9.78 Å². The number of ether oxygens (including phenoxy) is 2. The maximum absolute atomic E-state index is 12.0. The van der Waals surface area contributed by atoms with Crippen molar-refractivity contribution in [1.82, 2.24) is 4.98 Å². The second kappa shape index (κ2) is 5.96. The molecule has 0 bridgehead atoms. The van der Waals surface area contributed by atoms with Crippen LogP contribution in [0.25, 0.3) is 0 Å². The molecule has 0 aliphatic heterocycles. The molecular formula is C10H9ClF3NO4. The maximum atomic E-state index is 12.0. The number of nitrogens with zero attached hydrogens (tertiary/aromatic N) is 1. The van der Waals surface area contributed by atoms with Gasteiger partial charge in [0.15, 0.2) is 5.75 Å². The van der Waals surface area contributed by atoms with Crippen LogP contribution < -0.4 is 4.74 Å². The van der Waals surface area contributed by atoms with Gasteiger partial charge >= 0.3 is 12.3 Å². The maximum Gasteiger partial charge on any atom is 0.574 e. The molecule has 0 amide bonds. The van der Waals surface area contributed by atoms with E-state index < -0.39 is 29.8 Å². The van der Waals surface area contributed by atoms with Gasteiger partial charge in [-0.05, 0) is 6.92 Å². The van der Waals surface area contributed by atoms with Crippen molar-refractivity contribution in [3.63, 3.8) is 0 Å². The number of hydrogen-bond acceptors (Lipinski definition) is 5. The highest BCUT2D eigenvalue weighted by Crippen LogP contribution is 2.34. The molecule has 1 aromatic heterocycles. The van der Waals surface area contributed by atoms with Gasteiger partial charge in [-0.15, -0.1) is 24.8 Å². The van der Waals surface area contributed by atoms with Crippen LogP contribution in [0.15, 0.2) is 6.20 Å². The molecule has 1 aromatic rings. The van der Waals surface area contributed by atoms with Gasteiger partial charge < -0.3 is 14.6 Å². The Morgan fingerprint density at radius 1 is 1.53 bits per heavy atom. The van der Waals surface area contributed by atoms with Crippen LogP contribution in [0.1, 0.15) is 22.8 Å². The molecule has 0 unspecified atom stereocenters. The van der Waals surface area contributed by atoms with Crippen LogP contribution in [0.3, 0.4) is 0 Å². The van der Waals surface area contributed by atoms with Gasteiger partial charge in [0, 0.05) is 11.8 Å². The molecule has 1 heterocycles. The summed E-state index contributed by atoms with van der Waals surface area (Å²) in [4.78, 5) is 14.7. The van der Waals surface area contributed by atoms with Crippen LogP contribution in [0.5, 0.6) is 11.6 Å². The van der Waals surface area contributed by atoms with Crippen LogP contribution in [0.4, 0.5) is 13.2 Å². The number of alkyl halides is 4. The van der Waals surface area contributed by atoms with Crippen molar-refractivity contribution in [1.29, 1.82) is 0 Å². The first kappa shape index (κ1) is 15.4. The molecule has 0 spiro atoms. The second-order valence-electron chi connectivity index (χ2n) is 3.21. The Kier molecular flexibility index (Phi) is 4.82. The fraction of sp³-hybridized carbons (Fsp3) is 0.400. The average Bonchev–Trinajstić information content (AvgIpc) is 2.30. The van der Waals surface area contributed by atoms with Gasteiger partial charge in [0.05, 0.1) is 18.1 Å². The Labute approximate surface area is 110 Å². The zero-order valence-electron chi connectivity index (χ0n) is 9.62. The largest absolute Gasteiger partial charge is 0.574 e. The second-order valence-corrected chi connectivity index (χ2v) is 3.47. The molecule has 0 aliphatic rings. The van der Waals surface area contributed by atoms with E-state index in [4.69, 9.17) is 11.6 Å². The highest BCUT2D eigenvalue weighted by Gasteiger charge is 2.34. The van der Waals surface area contributed by atoms with E-state index in [1.807, 2.05) is 0 Å². The molecule has 0 radical (unpaired) electrons. The molecule has 9 heteroatoms. The lowest BCUT2D eigenvalue weighted by atomic mass is 10.1. The predicted molar refractivity (Wildman–Crippen MR) is 58.1 cm³/mol. The summed E-state index contributed by atoms with van der Waals surface area (Å²) in [6.07, 6.45) is -4.21. The van der Waals surface area contributed by atoms with E-state index in [2.05, 4.69) is 14.5 Å². The lowest BCUT2D eigenvalue weighted by Gasteiger charge is -2.13. The van der Waals surface area contributed by atoms with E-state index >= 15 is 0 Å². The van der Waals surface area contributed by atoms with Crippen LogP contribution in [-0.4, -0.2) is 29.0 Å². The smallest absolute Gasteiger partial charge is 0.503 e. The van der Waals surface area contributed by atoms with E-state index in [9.17, 15) is 23.1 Å². The van der Waals surface area contributed by atoms with E-state index in [-0.39, 0.29) is 17.7 Å². The molecule has 0 aliphatic carbocycles. The number of esters is 1. The number of halogens is 4. The third-order valence-corrected chi connectivity index (χ3v) is 2.23. The molecule has 0 saturated carbocycles. The zero-order valence-corrected chi connectivity index (χ0v) is 10.4. The minimum absolute atomic E-state index is 0.0577. The topological polar surface area (TPSA) is 68.7 Å². The molecule has 0 atom stereocenters. The lowest BCUT2D eigenvalue weighted by Crippen LogP contribution is -2.19. The Hall–Kier alpha value is -1.70. The standard InChI is InChI=1S/C10H9ClF3NO4/c1-2-18-9(17)6-4-15-8(19-10(12,13)14)7(16)5(6)3-11/h4,16H,2-3H2,1H3. The van der Waals surface area contributed by atoms with Crippen LogP contribution in [-0.2, 0) is 10.6 Å². The monoisotopic (exact) mass is 299 g/mol. The van der Waals surface area contributed by atoms with Crippen molar-refractivity contribution in [2.45, 2.75) is 19.2 Å². The minimum atomic E-state index is -5.01. The van der Waals surface area contributed by atoms with E-state index in [1.54, 1.807) is 6.92 Å². The van der Waals surface area contributed by atoms with Gasteiger partial charge in [0.25, 0.3) is 5.88 Å². The molecular weight excluding hydrogens is 291 g/mol. The number of aromatic hydroxyl groups is 1. The third-order valence-electron chi connectivity index (χ3n) is 1.97. The quantitative estimate of drug-likeness (QED) is 0.683. The molecule has 0 fully saturated rings. The molecule has 0 saturated heterocycles. The fourth-order valence-corrected chi connectivity index (χ4v) is 1.49. The minimum Gasteiger partial charge on any atom is -0.503 e. The molecule has 1 rings (SSSR count). The molecule has 19 heavy (non-hydrogen) atoms. The lowest BCUT2D eigenvalue weighted by molar-refractivity contribution is -0.276. The number of rotatable bonds is 4. The predicted octanol–water partition coefficient (Wildman–Crippen LogP) is 2.60. The molecule has 1 N–H and O–H groups in total. The first-order valence-electron chi connectivity index (χ1n) is 4.99. The normalized spacial score (nSPS) is 11.2. The van der Waals surface area contributed by atoms with Crippen molar-refractivity contribution >= 4 is 17.6 Å². The fourth-order valence-electron chi connectivity index (χ4n) is 1.22. The van der Waals surface area contributed by atoms with Crippen molar-refractivity contribution in [3.8, 4) is 11.6 Å². The van der Waals surface area contributed by atoms with Crippen LogP contribution in [0, 0.1) is 0 Å². The number of hydrogen-bond donors (Lipinski definition) is 1. The third kappa shape index (κ3) is 3.88. The summed E-state index contributed by atoms with van der Waals surface area (Å²) in [5, 5.41) is 9.57. The van der Waals surface area contributed by atoms with E-state index in [0.717, 1.165) is 6.20 Å². The SMILES string of the molecule is CCOC(=O)c1cnc(OC(F)(F)F)c(O)c1CCl. The summed E-state index contributed by atoms with van der Waals surface area (Å²) >= 11 is 5.49. The highest BCUT2D eigenvalue weighted by molar-refractivity contribution is 6.18. The number of pyridine rings is 1. The number of carbonyl (C=O) groups excluding carboxylic acids is 1. The number of aromatic nitrogens is 1. The van der Waals surface area contributed by atoms with Gasteiger partial charge in [0.2, 0.25) is 0 Å². The summed E-state index contributed by atoms with van der Waals surface area (Å²) < 4.78 is 44.3. The number of carbonyl (C=O) groups is 1. The van der Waals surface area contributed by atoms with Crippen LogP contribution >= 0.6 is 11.6 Å². The Bertz CT molecular complexity index is 479. The van der Waals surface area contributed by atoms with E-state index in [0.29, 0.717) is 0 Å². The molecule has 106 valence electrons. The highest BCUT2D eigenvalue weighted by atomic mass is 35.5. The summed E-state index contributed by atoms with van der Waals surface area (Å²) in [5.74, 6) is -3.27. The van der Waals surface area contributed by atoms with Crippen LogP contribution in [0.2, 0.25) is 0 Å². The van der Waals surface area contributed by atoms with Crippen molar-refractivity contribution in [2.24, 2.45) is 0 Å². The first-order valence-corrected chi connectivity index (χ1v) is 5.53. The molecule has 5 nitrogen and oxygen atoms in total. The zero-order chi connectivity index (χ0) is 14.6. The summed E-state index contributed by atoms with van der Waals surface area (Å²) in [6, 6.07) is 0. The van der Waals surface area contributed by atoms with Gasteiger partial charge in [-0.2, -0.15) is 0 Å². The Morgan fingerprint density at radius 3 is 2.63 bits per heavy atom. The Balaban J connectivity index is 3.19. The average molecular weight is 300 g/mol. The van der Waals surface area contributed by atoms with Crippen molar-refractivity contribution < 1.29 is 32.5 Å². The van der Waals surface area contributed by atoms with Gasteiger partial charge in [-0.1, -0.05) is 0 Å². The Morgan fingerprint density at radius 2 is 2.16 bits per heavy atom.